The van der Waals surface area contributed by atoms with E-state index in [4.69, 9.17) is 0 Å². The molecule has 0 atom stereocenters. The van der Waals surface area contributed by atoms with Crippen molar-refractivity contribution in [3.05, 3.63) is 11.9 Å². The molecule has 0 saturated heterocycles. The lowest BCUT2D eigenvalue weighted by Gasteiger charge is -2.16. The van der Waals surface area contributed by atoms with Crippen LogP contribution in [-0.2, 0) is 6.54 Å². The van der Waals surface area contributed by atoms with Crippen LogP contribution in [0.3, 0.4) is 0 Å². The van der Waals surface area contributed by atoms with Crippen molar-refractivity contribution in [2.45, 2.75) is 71.4 Å². The zero-order chi connectivity index (χ0) is 16.5. The first-order valence-electron chi connectivity index (χ1n) is 9.07. The molecule has 0 radical (unpaired) electrons. The highest BCUT2D eigenvalue weighted by Crippen LogP contribution is 2.16. The van der Waals surface area contributed by atoms with Crippen LogP contribution in [0.25, 0.3) is 0 Å². The van der Waals surface area contributed by atoms with Crippen molar-refractivity contribution < 1.29 is 4.79 Å². The molecule has 24 heavy (non-hydrogen) atoms. The van der Waals surface area contributed by atoms with Gasteiger partial charge < -0.3 is 10.6 Å². The highest BCUT2D eigenvalue weighted by Gasteiger charge is 2.12. The summed E-state index contributed by atoms with van der Waals surface area (Å²) in [4.78, 5) is 12.0. The van der Waals surface area contributed by atoms with Gasteiger partial charge in [0.15, 0.2) is 5.69 Å². The fraction of sp³-hybridized carbons (Fsp3) is 0.824. The van der Waals surface area contributed by atoms with E-state index in [1.807, 2.05) is 0 Å². The summed E-state index contributed by atoms with van der Waals surface area (Å²) in [7, 11) is 0. The Hall–Kier alpha value is -1.14. The van der Waals surface area contributed by atoms with Gasteiger partial charge in [0.05, 0.1) is 6.20 Å². The van der Waals surface area contributed by atoms with Crippen LogP contribution in [0.5, 0.6) is 0 Å². The Kier molecular flexibility index (Phi) is 9.95. The third-order valence-corrected chi connectivity index (χ3v) is 4.41. The predicted octanol–water partition coefficient (Wildman–Crippen LogP) is 2.79. The van der Waals surface area contributed by atoms with Crippen LogP contribution in [-0.4, -0.2) is 40.0 Å². The largest absolute Gasteiger partial charge is 0.349 e. The van der Waals surface area contributed by atoms with E-state index in [0.29, 0.717) is 24.2 Å². The van der Waals surface area contributed by atoms with Crippen molar-refractivity contribution in [2.75, 3.05) is 13.1 Å². The molecule has 0 aromatic carbocycles. The standard InChI is InChI=1S/C17H31N5O.ClH/c1-14(2)9-12-22-13-16(20-21-22)17(23)19-11-10-18-15-7-5-3-4-6-8-15;/h13-15,18H,3-12H2,1-2H3,(H,19,23);1H. The number of aryl methyl sites for hydroxylation is 1. The Labute approximate surface area is 151 Å². The molecule has 138 valence electrons. The van der Waals surface area contributed by atoms with Crippen LogP contribution in [0.1, 0.15) is 69.3 Å². The van der Waals surface area contributed by atoms with Crippen LogP contribution in [0.4, 0.5) is 0 Å². The van der Waals surface area contributed by atoms with E-state index in [1.165, 1.54) is 38.5 Å². The Morgan fingerprint density at radius 1 is 1.25 bits per heavy atom. The molecule has 2 rings (SSSR count). The fourth-order valence-corrected chi connectivity index (χ4v) is 2.93. The molecular formula is C17H32ClN5O. The number of hydrogen-bond donors (Lipinski definition) is 2. The molecule has 1 saturated carbocycles. The molecule has 6 nitrogen and oxygen atoms in total. The van der Waals surface area contributed by atoms with E-state index in [2.05, 4.69) is 34.8 Å². The summed E-state index contributed by atoms with van der Waals surface area (Å²) < 4.78 is 1.75. The average molecular weight is 358 g/mol. The second kappa shape index (κ2) is 11.4. The summed E-state index contributed by atoms with van der Waals surface area (Å²) >= 11 is 0. The number of amides is 1. The third kappa shape index (κ3) is 7.62. The Morgan fingerprint density at radius 3 is 2.62 bits per heavy atom. The monoisotopic (exact) mass is 357 g/mol. The van der Waals surface area contributed by atoms with Crippen molar-refractivity contribution in [2.24, 2.45) is 5.92 Å². The Bertz CT molecular complexity index is 469. The van der Waals surface area contributed by atoms with E-state index in [-0.39, 0.29) is 18.3 Å². The SMILES string of the molecule is CC(C)CCn1cc(C(=O)NCCNC2CCCCCC2)nn1.Cl. The highest BCUT2D eigenvalue weighted by molar-refractivity contribution is 5.91. The molecule has 1 aliphatic rings. The Balaban J connectivity index is 0.00000288. The maximum Gasteiger partial charge on any atom is 0.273 e. The molecule has 7 heteroatoms. The second-order valence-electron chi connectivity index (χ2n) is 6.95. The number of rotatable bonds is 8. The van der Waals surface area contributed by atoms with Gasteiger partial charge in [-0.15, -0.1) is 17.5 Å². The minimum atomic E-state index is -0.136. The summed E-state index contributed by atoms with van der Waals surface area (Å²) in [6, 6.07) is 0.617. The highest BCUT2D eigenvalue weighted by atomic mass is 35.5. The first kappa shape index (κ1) is 20.9. The molecule has 1 aromatic heterocycles. The van der Waals surface area contributed by atoms with Crippen molar-refractivity contribution in [3.63, 3.8) is 0 Å². The molecule has 0 bridgehead atoms. The van der Waals surface area contributed by atoms with Gasteiger partial charge in [-0.2, -0.15) is 0 Å². The quantitative estimate of drug-likeness (QED) is 0.554. The van der Waals surface area contributed by atoms with Gasteiger partial charge in [0.2, 0.25) is 0 Å². The normalized spacial score (nSPS) is 15.8. The molecule has 0 aliphatic heterocycles. The topological polar surface area (TPSA) is 71.8 Å². The van der Waals surface area contributed by atoms with Crippen molar-refractivity contribution in [3.8, 4) is 0 Å². The van der Waals surface area contributed by atoms with Crippen LogP contribution in [0.2, 0.25) is 0 Å². The van der Waals surface area contributed by atoms with Crippen LogP contribution < -0.4 is 10.6 Å². The average Bonchev–Trinajstić information content (AvgIpc) is 2.86. The van der Waals surface area contributed by atoms with Crippen LogP contribution >= 0.6 is 12.4 Å². The van der Waals surface area contributed by atoms with Crippen LogP contribution in [0.15, 0.2) is 6.20 Å². The van der Waals surface area contributed by atoms with E-state index in [9.17, 15) is 4.79 Å². The van der Waals surface area contributed by atoms with Crippen molar-refractivity contribution >= 4 is 18.3 Å². The first-order chi connectivity index (χ1) is 11.1. The molecule has 0 spiro atoms. The second-order valence-corrected chi connectivity index (χ2v) is 6.95. The van der Waals surface area contributed by atoms with Crippen molar-refractivity contribution in [1.82, 2.24) is 25.6 Å². The molecule has 1 amide bonds. The lowest BCUT2D eigenvalue weighted by molar-refractivity contribution is 0.0948. The minimum Gasteiger partial charge on any atom is -0.349 e. The van der Waals surface area contributed by atoms with Gasteiger partial charge in [-0.25, -0.2) is 0 Å². The predicted molar refractivity (Wildman–Crippen MR) is 98.6 cm³/mol. The van der Waals surface area contributed by atoms with Gasteiger partial charge >= 0.3 is 0 Å². The van der Waals surface area contributed by atoms with Gasteiger partial charge in [-0.05, 0) is 25.2 Å². The van der Waals surface area contributed by atoms with E-state index in [1.54, 1.807) is 10.9 Å². The first-order valence-corrected chi connectivity index (χ1v) is 9.07. The summed E-state index contributed by atoms with van der Waals surface area (Å²) in [5, 5.41) is 14.4. The molecule has 0 unspecified atom stereocenters. The number of nitrogens with zero attached hydrogens (tertiary/aromatic N) is 3. The van der Waals surface area contributed by atoms with Crippen molar-refractivity contribution in [1.29, 1.82) is 0 Å². The molecule has 1 fully saturated rings. The number of carbonyl (C=O) groups excluding carboxylic acids is 1. The van der Waals surface area contributed by atoms with E-state index < -0.39 is 0 Å². The number of halogens is 1. The zero-order valence-corrected chi connectivity index (χ0v) is 15.8. The van der Waals surface area contributed by atoms with E-state index >= 15 is 0 Å². The number of hydrogen-bond acceptors (Lipinski definition) is 4. The van der Waals surface area contributed by atoms with Crippen LogP contribution in [0, 0.1) is 5.92 Å². The molecule has 1 aromatic rings. The lowest BCUT2D eigenvalue weighted by Crippen LogP contribution is -2.37. The van der Waals surface area contributed by atoms with Gasteiger partial charge in [-0.3, -0.25) is 9.48 Å². The Morgan fingerprint density at radius 2 is 1.96 bits per heavy atom. The molecule has 2 N–H and O–H groups in total. The number of carbonyl (C=O) groups is 1. The molecule has 1 heterocycles. The smallest absolute Gasteiger partial charge is 0.273 e. The molecule has 1 aliphatic carbocycles. The van der Waals surface area contributed by atoms with E-state index in [0.717, 1.165) is 19.5 Å². The molecular weight excluding hydrogens is 326 g/mol. The lowest BCUT2D eigenvalue weighted by atomic mass is 10.1. The summed E-state index contributed by atoms with van der Waals surface area (Å²) in [5.74, 6) is 0.481. The number of aromatic nitrogens is 3. The van der Waals surface area contributed by atoms with Gasteiger partial charge in [0, 0.05) is 25.7 Å². The minimum absolute atomic E-state index is 0. The zero-order valence-electron chi connectivity index (χ0n) is 15.0. The summed E-state index contributed by atoms with van der Waals surface area (Å²) in [6.45, 7) is 6.60. The van der Waals surface area contributed by atoms with Gasteiger partial charge in [-0.1, -0.05) is 44.7 Å². The summed E-state index contributed by atoms with van der Waals surface area (Å²) in [5.41, 5.74) is 0.406. The number of nitrogens with one attached hydrogen (secondary N) is 2. The fourth-order valence-electron chi connectivity index (χ4n) is 2.93. The van der Waals surface area contributed by atoms with Gasteiger partial charge in [0.1, 0.15) is 0 Å². The third-order valence-electron chi connectivity index (χ3n) is 4.41. The maximum absolute atomic E-state index is 12.0. The maximum atomic E-state index is 12.0. The summed E-state index contributed by atoms with van der Waals surface area (Å²) in [6.07, 6.45) is 10.7. The van der Waals surface area contributed by atoms with Gasteiger partial charge in [0.25, 0.3) is 5.91 Å².